The molecule has 1 aliphatic rings. The Kier molecular flexibility index (Phi) is 16.3. The smallest absolute Gasteiger partial charge is 0.00239 e. The Labute approximate surface area is 139 Å². The van der Waals surface area contributed by atoms with Crippen molar-refractivity contribution in [2.75, 3.05) is 0 Å². The molecule has 0 radical (unpaired) electrons. The maximum Gasteiger partial charge on any atom is -0.00239 e. The van der Waals surface area contributed by atoms with Crippen LogP contribution < -0.4 is 0 Å². The summed E-state index contributed by atoms with van der Waals surface area (Å²) in [6.07, 6.45) is 16.9. The van der Waals surface area contributed by atoms with E-state index in [0.717, 1.165) is 25.7 Å². The van der Waals surface area contributed by atoms with Gasteiger partial charge in [-0.05, 0) is 54.9 Å². The van der Waals surface area contributed by atoms with E-state index in [1.165, 1.54) is 22.3 Å². The van der Waals surface area contributed by atoms with Gasteiger partial charge in [0.2, 0.25) is 0 Å². The summed E-state index contributed by atoms with van der Waals surface area (Å²) in [5, 5.41) is 0. The average Bonchev–Trinajstić information content (AvgIpc) is 2.76. The van der Waals surface area contributed by atoms with Crippen LogP contribution in [0.1, 0.15) is 67.2 Å². The molecular weight excluding hydrogens is 264 g/mol. The molecule has 1 rings (SSSR count). The van der Waals surface area contributed by atoms with Crippen LogP contribution in [0.25, 0.3) is 0 Å². The highest BCUT2D eigenvalue weighted by Gasteiger charge is 2.13. The van der Waals surface area contributed by atoms with E-state index in [-0.39, 0.29) is 0 Å². The molecule has 0 aromatic heterocycles. The molecule has 0 aromatic carbocycles. The summed E-state index contributed by atoms with van der Waals surface area (Å²) >= 11 is 0. The van der Waals surface area contributed by atoms with Gasteiger partial charge in [-0.3, -0.25) is 0 Å². The fourth-order valence-electron chi connectivity index (χ4n) is 2.37. The van der Waals surface area contributed by atoms with E-state index in [1.807, 2.05) is 45.9 Å². The molecule has 0 aromatic rings. The first-order chi connectivity index (χ1) is 10.8. The first-order valence-corrected chi connectivity index (χ1v) is 8.74. The minimum atomic E-state index is 1.00. The highest BCUT2D eigenvalue weighted by atomic mass is 14.2. The van der Waals surface area contributed by atoms with Crippen LogP contribution in [-0.4, -0.2) is 0 Å². The molecule has 0 saturated heterocycles. The molecule has 0 amide bonds. The van der Waals surface area contributed by atoms with Crippen LogP contribution in [0.2, 0.25) is 0 Å². The third-order valence-electron chi connectivity index (χ3n) is 3.35. The third kappa shape index (κ3) is 8.02. The Morgan fingerprint density at radius 1 is 0.955 bits per heavy atom. The van der Waals surface area contributed by atoms with Gasteiger partial charge in [-0.1, -0.05) is 84.2 Å². The Hall–Kier alpha value is -1.56. The predicted octanol–water partition coefficient (Wildman–Crippen LogP) is 7.73. The van der Waals surface area contributed by atoms with Crippen molar-refractivity contribution in [1.29, 1.82) is 0 Å². The van der Waals surface area contributed by atoms with Crippen molar-refractivity contribution in [1.82, 2.24) is 0 Å². The molecule has 124 valence electrons. The molecule has 0 bridgehead atoms. The molecule has 0 atom stereocenters. The van der Waals surface area contributed by atoms with Gasteiger partial charge < -0.3 is 0 Å². The van der Waals surface area contributed by atoms with Gasteiger partial charge in [0.25, 0.3) is 0 Å². The van der Waals surface area contributed by atoms with Crippen LogP contribution in [-0.2, 0) is 0 Å². The van der Waals surface area contributed by atoms with E-state index in [4.69, 9.17) is 0 Å². The van der Waals surface area contributed by atoms with Gasteiger partial charge >= 0.3 is 0 Å². The van der Waals surface area contributed by atoms with Gasteiger partial charge in [0.05, 0.1) is 0 Å². The highest BCUT2D eigenvalue weighted by Crippen LogP contribution is 2.32. The van der Waals surface area contributed by atoms with E-state index in [0.29, 0.717) is 0 Å². The summed E-state index contributed by atoms with van der Waals surface area (Å²) < 4.78 is 0. The van der Waals surface area contributed by atoms with Crippen molar-refractivity contribution < 1.29 is 0 Å². The van der Waals surface area contributed by atoms with Gasteiger partial charge in [-0.2, -0.15) is 0 Å². The summed E-state index contributed by atoms with van der Waals surface area (Å²) in [6.45, 7) is 20.0. The first kappa shape index (κ1) is 22.7. The third-order valence-corrected chi connectivity index (χ3v) is 3.35. The molecule has 0 aliphatic heterocycles. The molecule has 0 nitrogen and oxygen atoms in total. The predicted molar refractivity (Wildman–Crippen MR) is 105 cm³/mol. The second-order valence-corrected chi connectivity index (χ2v) is 4.48. The lowest BCUT2D eigenvalue weighted by molar-refractivity contribution is 0.953. The zero-order chi connectivity index (χ0) is 17.4. The minimum absolute atomic E-state index is 1.00. The van der Waals surface area contributed by atoms with Crippen molar-refractivity contribution >= 4 is 0 Å². The molecule has 0 N–H and O–H groups in total. The van der Waals surface area contributed by atoms with Crippen LogP contribution >= 0.6 is 0 Å². The monoisotopic (exact) mass is 300 g/mol. The maximum atomic E-state index is 3.96. The fraction of sp³-hybridized carbons (Fsp3) is 0.455. The molecule has 22 heavy (non-hydrogen) atoms. The zero-order valence-corrected chi connectivity index (χ0v) is 15.7. The van der Waals surface area contributed by atoms with Gasteiger partial charge in [-0.25, -0.2) is 0 Å². The molecule has 0 unspecified atom stereocenters. The Bertz CT molecular complexity index is 425. The van der Waals surface area contributed by atoms with Crippen molar-refractivity contribution in [2.24, 2.45) is 0 Å². The van der Waals surface area contributed by atoms with Crippen LogP contribution in [0, 0.1) is 0 Å². The Morgan fingerprint density at radius 3 is 2.05 bits per heavy atom. The van der Waals surface area contributed by atoms with Crippen molar-refractivity contribution in [2.45, 2.75) is 67.2 Å². The lowest BCUT2D eigenvalue weighted by Gasteiger charge is -2.08. The maximum absolute atomic E-state index is 3.96. The normalized spacial score (nSPS) is 18.3. The number of hydrogen-bond acceptors (Lipinski definition) is 0. The summed E-state index contributed by atoms with van der Waals surface area (Å²) in [6, 6.07) is 0. The summed E-state index contributed by atoms with van der Waals surface area (Å²) in [5.41, 5.74) is 5.69. The van der Waals surface area contributed by atoms with Gasteiger partial charge in [0.1, 0.15) is 0 Å². The van der Waals surface area contributed by atoms with Gasteiger partial charge in [-0.15, -0.1) is 0 Å². The molecule has 0 spiro atoms. The number of rotatable bonds is 4. The molecule has 0 heterocycles. The van der Waals surface area contributed by atoms with Crippen LogP contribution in [0.5, 0.6) is 0 Å². The number of allylic oxidation sites excluding steroid dienone is 10. The Morgan fingerprint density at radius 2 is 1.59 bits per heavy atom. The van der Waals surface area contributed by atoms with E-state index in [9.17, 15) is 0 Å². The summed E-state index contributed by atoms with van der Waals surface area (Å²) in [4.78, 5) is 0. The quantitative estimate of drug-likeness (QED) is 0.466. The lowest BCUT2D eigenvalue weighted by Crippen LogP contribution is -1.88. The largest absolute Gasteiger partial charge is 0.0991 e. The topological polar surface area (TPSA) is 0 Å². The van der Waals surface area contributed by atoms with Crippen molar-refractivity contribution in [3.05, 3.63) is 71.9 Å². The van der Waals surface area contributed by atoms with Gasteiger partial charge in [0.15, 0.2) is 0 Å². The SMILES string of the molecule is C=C/C=C\C1=C(C=C)CC(=C/C)/C(=C\CC)CC1.CC.CC. The highest BCUT2D eigenvalue weighted by molar-refractivity contribution is 5.45. The minimum Gasteiger partial charge on any atom is -0.0991 e. The van der Waals surface area contributed by atoms with E-state index < -0.39 is 0 Å². The van der Waals surface area contributed by atoms with Gasteiger partial charge in [0, 0.05) is 0 Å². The zero-order valence-electron chi connectivity index (χ0n) is 15.7. The van der Waals surface area contributed by atoms with Crippen LogP contribution in [0.15, 0.2) is 71.9 Å². The number of hydrogen-bond donors (Lipinski definition) is 0. The molecule has 0 fully saturated rings. The van der Waals surface area contributed by atoms with Crippen LogP contribution in [0.3, 0.4) is 0 Å². The summed E-state index contributed by atoms with van der Waals surface area (Å²) in [7, 11) is 0. The molecular formula is C22H36. The van der Waals surface area contributed by atoms with Crippen molar-refractivity contribution in [3.8, 4) is 0 Å². The van der Waals surface area contributed by atoms with Crippen LogP contribution in [0.4, 0.5) is 0 Å². The fourth-order valence-corrected chi connectivity index (χ4v) is 2.37. The lowest BCUT2D eigenvalue weighted by atomic mass is 9.97. The van der Waals surface area contributed by atoms with E-state index in [2.05, 4.69) is 45.2 Å². The second kappa shape index (κ2) is 15.8. The first-order valence-electron chi connectivity index (χ1n) is 8.74. The Balaban J connectivity index is 0. The molecule has 0 heteroatoms. The van der Waals surface area contributed by atoms with Crippen molar-refractivity contribution in [3.63, 3.8) is 0 Å². The standard InChI is InChI=1S/C18H24.2C2H6/c1-5-9-11-18-13-12-17(10-6-2)15(7-3)14-16(18)8-4;2*1-2/h5,7-11H,1,4,6,12-14H2,2-3H3;2*1-2H3/b11-9-,15-7-,17-10-;;. The van der Waals surface area contributed by atoms with E-state index >= 15 is 0 Å². The van der Waals surface area contributed by atoms with E-state index in [1.54, 1.807) is 0 Å². The molecule has 0 saturated carbocycles. The summed E-state index contributed by atoms with van der Waals surface area (Å²) in [5.74, 6) is 0. The molecule has 1 aliphatic carbocycles. The second-order valence-electron chi connectivity index (χ2n) is 4.48. The average molecular weight is 301 g/mol.